The van der Waals surface area contributed by atoms with Gasteiger partial charge in [-0.3, -0.25) is 9.91 Å². The Bertz CT molecular complexity index is 683. The number of para-hydroxylation sites is 1. The highest BCUT2D eigenvalue weighted by Crippen LogP contribution is 2.40. The number of nitrogens with zero attached hydrogens (tertiary/aromatic N) is 3. The van der Waals surface area contributed by atoms with E-state index in [0.29, 0.717) is 0 Å². The maximum absolute atomic E-state index is 5.77. The van der Waals surface area contributed by atoms with Crippen LogP contribution in [-0.2, 0) is 0 Å². The Labute approximate surface area is 136 Å². The second-order valence-corrected chi connectivity index (χ2v) is 6.28. The third kappa shape index (κ3) is 2.11. The van der Waals surface area contributed by atoms with Gasteiger partial charge in [0.15, 0.2) is 5.11 Å². The summed E-state index contributed by atoms with van der Waals surface area (Å²) in [6.07, 6.45) is 1.34. The lowest BCUT2D eigenvalue weighted by atomic mass is 10.1. The van der Waals surface area contributed by atoms with Crippen molar-refractivity contribution in [2.24, 2.45) is 0 Å². The molecule has 0 N–H and O–H groups in total. The normalized spacial score (nSPS) is 21.5. The summed E-state index contributed by atoms with van der Waals surface area (Å²) in [5.74, 6) is 0. The van der Waals surface area contributed by atoms with Crippen LogP contribution in [0.3, 0.4) is 0 Å². The smallest absolute Gasteiger partial charge is 0.192 e. The third-order valence-electron chi connectivity index (χ3n) is 4.43. The zero-order valence-corrected chi connectivity index (χ0v) is 13.5. The molecule has 4 heteroatoms. The van der Waals surface area contributed by atoms with Crippen molar-refractivity contribution in [1.29, 1.82) is 0 Å². The van der Waals surface area contributed by atoms with E-state index in [1.807, 2.05) is 6.07 Å². The number of thiocarbonyl (C=S) groups is 1. The lowest BCUT2D eigenvalue weighted by Gasteiger charge is -2.28. The molecule has 0 spiro atoms. The molecule has 2 aromatic carbocycles. The van der Waals surface area contributed by atoms with Gasteiger partial charge in [-0.1, -0.05) is 48.0 Å². The molecule has 2 fully saturated rings. The van der Waals surface area contributed by atoms with Crippen LogP contribution in [0.15, 0.2) is 54.6 Å². The van der Waals surface area contributed by atoms with Gasteiger partial charge in [-0.2, -0.15) is 5.01 Å². The lowest BCUT2D eigenvalue weighted by Crippen LogP contribution is -2.32. The number of hydrogen-bond acceptors (Lipinski definition) is 2. The van der Waals surface area contributed by atoms with Crippen LogP contribution in [0.2, 0.25) is 0 Å². The maximum Gasteiger partial charge on any atom is 0.192 e. The fourth-order valence-electron chi connectivity index (χ4n) is 3.35. The van der Waals surface area contributed by atoms with Crippen molar-refractivity contribution in [3.05, 3.63) is 65.7 Å². The Balaban J connectivity index is 1.80. The van der Waals surface area contributed by atoms with E-state index in [-0.39, 0.29) is 6.17 Å². The van der Waals surface area contributed by atoms with Gasteiger partial charge in [0.1, 0.15) is 6.17 Å². The minimum Gasteiger partial charge on any atom is -0.296 e. The summed E-state index contributed by atoms with van der Waals surface area (Å²) in [6, 6.07) is 19.3. The van der Waals surface area contributed by atoms with E-state index in [4.69, 9.17) is 12.2 Å². The van der Waals surface area contributed by atoms with Crippen LogP contribution in [0, 0.1) is 6.92 Å². The minimum absolute atomic E-state index is 0.165. The van der Waals surface area contributed by atoms with Crippen LogP contribution in [-0.4, -0.2) is 28.2 Å². The van der Waals surface area contributed by atoms with Crippen molar-refractivity contribution >= 4 is 23.0 Å². The SMILES string of the molecule is Cc1ccc([C@H]2N(c3ccccc3)C(=S)N3CCCN23)cc1. The second kappa shape index (κ2) is 5.38. The van der Waals surface area contributed by atoms with E-state index in [1.165, 1.54) is 17.5 Å². The first kappa shape index (κ1) is 13.7. The van der Waals surface area contributed by atoms with Crippen molar-refractivity contribution in [2.45, 2.75) is 19.5 Å². The van der Waals surface area contributed by atoms with Crippen LogP contribution in [0.25, 0.3) is 0 Å². The molecule has 0 amide bonds. The van der Waals surface area contributed by atoms with Crippen molar-refractivity contribution in [3.63, 3.8) is 0 Å². The van der Waals surface area contributed by atoms with E-state index >= 15 is 0 Å². The highest BCUT2D eigenvalue weighted by molar-refractivity contribution is 7.80. The van der Waals surface area contributed by atoms with Crippen molar-refractivity contribution in [1.82, 2.24) is 10.0 Å². The predicted octanol–water partition coefficient (Wildman–Crippen LogP) is 3.72. The quantitative estimate of drug-likeness (QED) is 0.782. The summed E-state index contributed by atoms with van der Waals surface area (Å²) in [6.45, 7) is 4.20. The van der Waals surface area contributed by atoms with E-state index in [0.717, 1.165) is 23.9 Å². The molecule has 0 unspecified atom stereocenters. The molecule has 2 saturated heterocycles. The van der Waals surface area contributed by atoms with E-state index in [2.05, 4.69) is 70.4 Å². The molecule has 0 saturated carbocycles. The molecule has 2 heterocycles. The molecule has 2 aromatic rings. The summed E-state index contributed by atoms with van der Waals surface area (Å²) < 4.78 is 0. The molecule has 0 bridgehead atoms. The van der Waals surface area contributed by atoms with Gasteiger partial charge in [-0.15, -0.1) is 0 Å². The largest absolute Gasteiger partial charge is 0.296 e. The Kier molecular flexibility index (Phi) is 3.36. The molecular weight excluding hydrogens is 290 g/mol. The van der Waals surface area contributed by atoms with Crippen molar-refractivity contribution in [3.8, 4) is 0 Å². The minimum atomic E-state index is 0.165. The number of anilines is 1. The van der Waals surface area contributed by atoms with Crippen LogP contribution in [0.1, 0.15) is 23.7 Å². The third-order valence-corrected chi connectivity index (χ3v) is 4.84. The number of hydrazine groups is 1. The van der Waals surface area contributed by atoms with E-state index < -0.39 is 0 Å². The molecule has 2 aliphatic heterocycles. The van der Waals surface area contributed by atoms with E-state index in [1.54, 1.807) is 0 Å². The van der Waals surface area contributed by atoms with Gasteiger partial charge < -0.3 is 0 Å². The number of rotatable bonds is 2. The van der Waals surface area contributed by atoms with Gasteiger partial charge >= 0.3 is 0 Å². The summed E-state index contributed by atoms with van der Waals surface area (Å²) in [7, 11) is 0. The Morgan fingerprint density at radius 2 is 1.68 bits per heavy atom. The van der Waals surface area contributed by atoms with Gasteiger partial charge in [0.25, 0.3) is 0 Å². The standard InChI is InChI=1S/C18H19N3S/c1-14-8-10-15(11-9-14)17-19-12-5-13-20(19)18(22)21(17)16-6-3-2-4-7-16/h2-4,6-11,17H,5,12-13H2,1H3/t17-/m1/s1. The molecule has 0 aliphatic carbocycles. The summed E-state index contributed by atoms with van der Waals surface area (Å²) in [5, 5.41) is 5.57. The zero-order valence-electron chi connectivity index (χ0n) is 12.6. The van der Waals surface area contributed by atoms with Crippen LogP contribution in [0.4, 0.5) is 5.69 Å². The topological polar surface area (TPSA) is 9.72 Å². The summed E-state index contributed by atoms with van der Waals surface area (Å²) >= 11 is 5.77. The lowest BCUT2D eigenvalue weighted by molar-refractivity contribution is 0.0923. The first-order chi connectivity index (χ1) is 10.8. The molecule has 4 rings (SSSR count). The Hall–Kier alpha value is -1.91. The molecule has 3 nitrogen and oxygen atoms in total. The molecule has 2 aliphatic rings. The molecule has 0 aromatic heterocycles. The fraction of sp³-hybridized carbons (Fsp3) is 0.278. The number of fused-ring (bicyclic) bond motifs is 1. The average molecular weight is 309 g/mol. The zero-order chi connectivity index (χ0) is 15.1. The molecular formula is C18H19N3S. The first-order valence-electron chi connectivity index (χ1n) is 7.74. The highest BCUT2D eigenvalue weighted by atomic mass is 32.1. The van der Waals surface area contributed by atoms with Gasteiger partial charge in [0.2, 0.25) is 0 Å². The molecule has 0 radical (unpaired) electrons. The van der Waals surface area contributed by atoms with Gasteiger partial charge in [-0.25, -0.2) is 0 Å². The van der Waals surface area contributed by atoms with Crippen LogP contribution in [0.5, 0.6) is 0 Å². The van der Waals surface area contributed by atoms with E-state index in [9.17, 15) is 0 Å². The van der Waals surface area contributed by atoms with Gasteiger partial charge in [-0.05, 0) is 43.3 Å². The van der Waals surface area contributed by atoms with Crippen LogP contribution >= 0.6 is 12.2 Å². The van der Waals surface area contributed by atoms with Crippen molar-refractivity contribution < 1.29 is 0 Å². The predicted molar refractivity (Wildman–Crippen MR) is 93.5 cm³/mol. The Morgan fingerprint density at radius 1 is 0.955 bits per heavy atom. The molecule has 1 atom stereocenters. The number of aryl methyl sites for hydroxylation is 1. The number of benzene rings is 2. The van der Waals surface area contributed by atoms with Gasteiger partial charge in [0.05, 0.1) is 0 Å². The van der Waals surface area contributed by atoms with Gasteiger partial charge in [0, 0.05) is 18.8 Å². The monoisotopic (exact) mass is 309 g/mol. The van der Waals surface area contributed by atoms with Crippen molar-refractivity contribution in [2.75, 3.05) is 18.0 Å². The fourth-order valence-corrected chi connectivity index (χ4v) is 3.76. The average Bonchev–Trinajstić information content (AvgIpc) is 3.12. The first-order valence-corrected chi connectivity index (χ1v) is 8.15. The molecule has 112 valence electrons. The highest BCUT2D eigenvalue weighted by Gasteiger charge is 2.45. The molecule has 22 heavy (non-hydrogen) atoms. The van der Waals surface area contributed by atoms with Crippen LogP contribution < -0.4 is 4.90 Å². The maximum atomic E-state index is 5.77. The summed E-state index contributed by atoms with van der Waals surface area (Å²) in [5.41, 5.74) is 3.74. The Morgan fingerprint density at radius 3 is 2.41 bits per heavy atom. The summed E-state index contributed by atoms with van der Waals surface area (Å²) in [4.78, 5) is 2.28. The second-order valence-electron chi connectivity index (χ2n) is 5.91. The number of hydrogen-bond donors (Lipinski definition) is 0.